The first-order valence-corrected chi connectivity index (χ1v) is 11.9. The molecule has 0 unspecified atom stereocenters. The van der Waals surface area contributed by atoms with Crippen LogP contribution in [-0.4, -0.2) is 56.8 Å². The van der Waals surface area contributed by atoms with Gasteiger partial charge in [0.2, 0.25) is 11.9 Å². The molecule has 0 spiro atoms. The van der Waals surface area contributed by atoms with Crippen molar-refractivity contribution in [3.63, 3.8) is 0 Å². The molecule has 0 radical (unpaired) electrons. The number of methoxy groups -OCH3 is 1. The van der Waals surface area contributed by atoms with Crippen LogP contribution in [0.1, 0.15) is 17.0 Å². The lowest BCUT2D eigenvalue weighted by Gasteiger charge is -2.25. The summed E-state index contributed by atoms with van der Waals surface area (Å²) in [6.07, 6.45) is -4.99. The van der Waals surface area contributed by atoms with Gasteiger partial charge < -0.3 is 9.64 Å². The third-order valence-electron chi connectivity index (χ3n) is 5.73. The molecule has 0 bridgehead atoms. The van der Waals surface area contributed by atoms with Crippen molar-refractivity contribution in [3.8, 4) is 5.75 Å². The second-order valence-electron chi connectivity index (χ2n) is 8.39. The van der Waals surface area contributed by atoms with Crippen LogP contribution in [0.3, 0.4) is 0 Å². The maximum atomic E-state index is 14.6. The van der Waals surface area contributed by atoms with E-state index in [1.165, 1.54) is 7.11 Å². The van der Waals surface area contributed by atoms with Crippen molar-refractivity contribution < 1.29 is 35.9 Å². The first kappa shape index (κ1) is 29.5. The van der Waals surface area contributed by atoms with Crippen LogP contribution >= 0.6 is 11.6 Å². The van der Waals surface area contributed by atoms with Crippen LogP contribution in [0.15, 0.2) is 42.5 Å². The predicted octanol–water partition coefficient (Wildman–Crippen LogP) is 4.74. The van der Waals surface area contributed by atoms with E-state index in [1.54, 1.807) is 24.3 Å². The molecule has 4 aromatic rings. The molecule has 0 saturated carbocycles. The third-order valence-corrected chi connectivity index (χ3v) is 6.07. The Labute approximate surface area is 233 Å². The van der Waals surface area contributed by atoms with E-state index in [9.17, 15) is 31.1 Å². The van der Waals surface area contributed by atoms with Crippen LogP contribution in [0.2, 0.25) is 5.02 Å². The molecule has 2 heterocycles. The van der Waals surface area contributed by atoms with Crippen LogP contribution in [0.5, 0.6) is 5.75 Å². The standard InChI is InChI=1S/C24H19ClF6N8O2/c1-37(17-8-7-16(27)20(25)21(17)28)19(40)12-38(22-32-14(10-26)9-18(33-22)24(29,30)31)23-34-35-36-39(23)11-13-3-5-15(41-2)6-4-13/h3-9H,10-12H2,1-2H3. The molecule has 10 nitrogen and oxygen atoms in total. The summed E-state index contributed by atoms with van der Waals surface area (Å²) in [5.74, 6) is -3.72. The Hall–Kier alpha value is -4.47. The van der Waals surface area contributed by atoms with Gasteiger partial charge in [-0.05, 0) is 46.3 Å². The van der Waals surface area contributed by atoms with Gasteiger partial charge >= 0.3 is 6.18 Å². The van der Waals surface area contributed by atoms with Crippen LogP contribution in [-0.2, 0) is 24.2 Å². The highest BCUT2D eigenvalue weighted by Crippen LogP contribution is 2.32. The minimum atomic E-state index is -4.99. The second kappa shape index (κ2) is 12.0. The summed E-state index contributed by atoms with van der Waals surface area (Å²) in [4.78, 5) is 22.2. The largest absolute Gasteiger partial charge is 0.497 e. The van der Waals surface area contributed by atoms with E-state index >= 15 is 0 Å². The van der Waals surface area contributed by atoms with E-state index in [1.807, 2.05) is 0 Å². The van der Waals surface area contributed by atoms with Crippen molar-refractivity contribution in [3.05, 3.63) is 76.1 Å². The van der Waals surface area contributed by atoms with Gasteiger partial charge in [-0.2, -0.15) is 13.2 Å². The van der Waals surface area contributed by atoms with E-state index in [0.717, 1.165) is 33.7 Å². The molecule has 216 valence electrons. The van der Waals surface area contributed by atoms with E-state index in [-0.39, 0.29) is 12.5 Å². The smallest absolute Gasteiger partial charge is 0.433 e. The molecule has 41 heavy (non-hydrogen) atoms. The number of rotatable bonds is 9. The lowest BCUT2D eigenvalue weighted by Crippen LogP contribution is -2.39. The number of aromatic nitrogens is 6. The van der Waals surface area contributed by atoms with Crippen LogP contribution in [0.4, 0.5) is 43.9 Å². The van der Waals surface area contributed by atoms with Gasteiger partial charge in [0, 0.05) is 7.05 Å². The van der Waals surface area contributed by atoms with E-state index in [4.69, 9.17) is 16.3 Å². The van der Waals surface area contributed by atoms with Gasteiger partial charge in [-0.3, -0.25) is 9.69 Å². The number of alkyl halides is 4. The number of tetrazole rings is 1. The zero-order chi connectivity index (χ0) is 29.9. The maximum absolute atomic E-state index is 14.6. The SMILES string of the molecule is COc1ccc(Cn2nnnc2N(CC(=O)N(C)c2ccc(F)c(Cl)c2F)c2nc(CF)cc(C(F)(F)F)n2)cc1. The summed E-state index contributed by atoms with van der Waals surface area (Å²) in [5.41, 5.74) is -1.89. The Bertz CT molecular complexity index is 1550. The summed E-state index contributed by atoms with van der Waals surface area (Å²) in [6, 6.07) is 8.87. The molecule has 0 atom stereocenters. The fraction of sp³-hybridized carbons (Fsp3) is 0.250. The highest BCUT2D eigenvalue weighted by Gasteiger charge is 2.35. The Kier molecular flexibility index (Phi) is 8.60. The average molecular weight is 601 g/mol. The molecular weight excluding hydrogens is 582 g/mol. The fourth-order valence-electron chi connectivity index (χ4n) is 3.60. The fourth-order valence-corrected chi connectivity index (χ4v) is 3.76. The van der Waals surface area contributed by atoms with Crippen molar-refractivity contribution in [2.45, 2.75) is 19.4 Å². The van der Waals surface area contributed by atoms with Gasteiger partial charge in [-0.25, -0.2) is 27.8 Å². The number of ether oxygens (including phenoxy) is 1. The highest BCUT2D eigenvalue weighted by molar-refractivity contribution is 6.31. The molecule has 0 fully saturated rings. The highest BCUT2D eigenvalue weighted by atomic mass is 35.5. The van der Waals surface area contributed by atoms with Gasteiger partial charge in [-0.15, -0.1) is 0 Å². The number of nitrogens with zero attached hydrogens (tertiary/aromatic N) is 8. The quantitative estimate of drug-likeness (QED) is 0.201. The van der Waals surface area contributed by atoms with Gasteiger partial charge in [0.15, 0.2) is 5.82 Å². The summed E-state index contributed by atoms with van der Waals surface area (Å²) >= 11 is 5.63. The minimum Gasteiger partial charge on any atom is -0.497 e. The van der Waals surface area contributed by atoms with Crippen LogP contribution in [0, 0.1) is 11.6 Å². The first-order chi connectivity index (χ1) is 19.4. The summed E-state index contributed by atoms with van der Waals surface area (Å²) in [7, 11) is 2.61. The van der Waals surface area contributed by atoms with Gasteiger partial charge in [0.1, 0.15) is 35.5 Å². The number of benzene rings is 2. The number of hydrogen-bond donors (Lipinski definition) is 0. The first-order valence-electron chi connectivity index (χ1n) is 11.5. The second-order valence-corrected chi connectivity index (χ2v) is 8.77. The number of likely N-dealkylation sites (N-methyl/N-ethyl adjacent to an activating group) is 1. The number of hydrogen-bond acceptors (Lipinski definition) is 8. The number of carbonyl (C=O) groups excluding carboxylic acids is 1. The maximum Gasteiger partial charge on any atom is 0.433 e. The van der Waals surface area contributed by atoms with E-state index in [0.29, 0.717) is 17.4 Å². The number of carbonyl (C=O) groups is 1. The lowest BCUT2D eigenvalue weighted by molar-refractivity contribution is -0.141. The molecule has 0 saturated heterocycles. The molecular formula is C24H19ClF6N8O2. The zero-order valence-corrected chi connectivity index (χ0v) is 22.0. The molecule has 0 aliphatic carbocycles. The third kappa shape index (κ3) is 6.48. The van der Waals surface area contributed by atoms with E-state index in [2.05, 4.69) is 25.5 Å². The molecule has 0 N–H and O–H groups in total. The van der Waals surface area contributed by atoms with Crippen molar-refractivity contribution in [2.24, 2.45) is 0 Å². The molecule has 2 aromatic heterocycles. The summed E-state index contributed by atoms with van der Waals surface area (Å²) in [5, 5.41) is 10.4. The van der Waals surface area contributed by atoms with E-state index < -0.39 is 65.0 Å². The Morgan fingerprint density at radius 2 is 1.80 bits per heavy atom. The molecule has 0 aliphatic heterocycles. The zero-order valence-electron chi connectivity index (χ0n) is 21.2. The van der Waals surface area contributed by atoms with Crippen molar-refractivity contribution in [1.29, 1.82) is 0 Å². The normalized spacial score (nSPS) is 11.4. The average Bonchev–Trinajstić information content (AvgIpc) is 3.41. The molecule has 0 aliphatic rings. The number of anilines is 3. The van der Waals surface area contributed by atoms with Crippen molar-refractivity contribution in [2.75, 3.05) is 30.5 Å². The minimum absolute atomic E-state index is 0.0238. The monoisotopic (exact) mass is 600 g/mol. The summed E-state index contributed by atoms with van der Waals surface area (Å²) in [6.45, 7) is -2.25. The number of halogens is 7. The molecule has 2 aromatic carbocycles. The topological polar surface area (TPSA) is 102 Å². The molecule has 4 rings (SSSR count). The van der Waals surface area contributed by atoms with Gasteiger partial charge in [0.05, 0.1) is 25.0 Å². The van der Waals surface area contributed by atoms with Crippen LogP contribution < -0.4 is 14.5 Å². The van der Waals surface area contributed by atoms with Gasteiger partial charge in [-0.1, -0.05) is 28.8 Å². The Morgan fingerprint density at radius 1 is 1.10 bits per heavy atom. The van der Waals surface area contributed by atoms with Crippen molar-refractivity contribution >= 4 is 35.1 Å². The van der Waals surface area contributed by atoms with Crippen LogP contribution in [0.25, 0.3) is 0 Å². The van der Waals surface area contributed by atoms with Crippen molar-refractivity contribution in [1.82, 2.24) is 30.2 Å². The van der Waals surface area contributed by atoms with Gasteiger partial charge in [0.25, 0.3) is 5.95 Å². The lowest BCUT2D eigenvalue weighted by atomic mass is 10.2. The summed E-state index contributed by atoms with van der Waals surface area (Å²) < 4.78 is 88.9. The molecule has 1 amide bonds. The Morgan fingerprint density at radius 3 is 2.44 bits per heavy atom. The predicted molar refractivity (Wildman–Crippen MR) is 134 cm³/mol. The number of amides is 1. The Balaban J connectivity index is 1.77. The molecule has 17 heteroatoms.